The third-order valence-corrected chi connectivity index (χ3v) is 5.92. The number of hydrogen-bond donors (Lipinski definition) is 1. The molecule has 1 saturated heterocycles. The monoisotopic (exact) mass is 311 g/mol. The highest BCUT2D eigenvalue weighted by atomic mass is 79.9. The van der Waals surface area contributed by atoms with E-state index in [-0.39, 0.29) is 4.47 Å². The second-order valence-corrected chi connectivity index (χ2v) is 6.16. The van der Waals surface area contributed by atoms with Crippen LogP contribution in [0.4, 0.5) is 13.2 Å². The van der Waals surface area contributed by atoms with Gasteiger partial charge in [-0.25, -0.2) is 0 Å². The van der Waals surface area contributed by atoms with Crippen molar-refractivity contribution in [2.45, 2.75) is 18.5 Å². The Kier molecular flexibility index (Phi) is 2.39. The first-order chi connectivity index (χ1) is 7.48. The quantitative estimate of drug-likeness (QED) is 0.774. The van der Waals surface area contributed by atoms with Gasteiger partial charge in [-0.3, -0.25) is 0 Å². The molecule has 0 saturated carbocycles. The summed E-state index contributed by atoms with van der Waals surface area (Å²) in [6.07, 6.45) is -3.45. The van der Waals surface area contributed by atoms with Gasteiger partial charge in [-0.05, 0) is 40.4 Å². The molecular formula is C10H9BrF3NS. The van der Waals surface area contributed by atoms with E-state index in [1.165, 1.54) is 0 Å². The Balaban J connectivity index is 2.07. The largest absolute Gasteiger partial charge is 0.426 e. The fourth-order valence-electron chi connectivity index (χ4n) is 2.65. The summed E-state index contributed by atoms with van der Waals surface area (Å²) in [6.45, 7) is 1.75. The van der Waals surface area contributed by atoms with E-state index in [9.17, 15) is 13.2 Å². The van der Waals surface area contributed by atoms with Crippen molar-refractivity contribution < 1.29 is 13.2 Å². The van der Waals surface area contributed by atoms with Gasteiger partial charge in [0, 0.05) is 21.8 Å². The molecule has 2 heterocycles. The molecule has 1 aromatic rings. The van der Waals surface area contributed by atoms with Crippen LogP contribution in [-0.4, -0.2) is 13.1 Å². The Morgan fingerprint density at radius 2 is 2.06 bits per heavy atom. The number of fused-ring (bicyclic) bond motifs is 3. The van der Waals surface area contributed by atoms with E-state index in [4.69, 9.17) is 0 Å². The second kappa shape index (κ2) is 3.46. The summed E-state index contributed by atoms with van der Waals surface area (Å²) in [4.78, 5) is 0.469. The van der Waals surface area contributed by atoms with Crippen LogP contribution < -0.4 is 5.32 Å². The molecule has 0 radical (unpaired) electrons. The first kappa shape index (κ1) is 11.0. The molecule has 6 heteroatoms. The molecule has 0 bridgehead atoms. The summed E-state index contributed by atoms with van der Waals surface area (Å²) in [7, 11) is 0. The number of halogens is 4. The van der Waals surface area contributed by atoms with Crippen molar-refractivity contribution in [1.82, 2.24) is 5.32 Å². The molecule has 2 unspecified atom stereocenters. The summed E-state index contributed by atoms with van der Waals surface area (Å²) >= 11 is 4.04. The molecule has 2 aliphatic rings. The molecule has 0 amide bonds. The predicted octanol–water partition coefficient (Wildman–Crippen LogP) is 3.39. The van der Waals surface area contributed by atoms with Crippen LogP contribution in [0, 0.1) is 5.92 Å². The van der Waals surface area contributed by atoms with E-state index in [1.54, 1.807) is 0 Å². The van der Waals surface area contributed by atoms with Crippen LogP contribution in [0.2, 0.25) is 0 Å². The first-order valence-electron chi connectivity index (χ1n) is 5.07. The maximum atomic E-state index is 12.7. The SMILES string of the molecule is FC(F)(F)c1sc2c(c1Br)CC1CNCC21. The highest BCUT2D eigenvalue weighted by molar-refractivity contribution is 9.10. The van der Waals surface area contributed by atoms with Gasteiger partial charge in [0.25, 0.3) is 0 Å². The fraction of sp³-hybridized carbons (Fsp3) is 0.600. The number of alkyl halides is 3. The smallest absolute Gasteiger partial charge is 0.316 e. The van der Waals surface area contributed by atoms with E-state index in [2.05, 4.69) is 21.2 Å². The summed E-state index contributed by atoms with van der Waals surface area (Å²) < 4.78 is 38.4. The van der Waals surface area contributed by atoms with Gasteiger partial charge in [-0.15, -0.1) is 11.3 Å². The van der Waals surface area contributed by atoms with Crippen molar-refractivity contribution in [2.75, 3.05) is 13.1 Å². The van der Waals surface area contributed by atoms with E-state index in [0.717, 1.165) is 41.3 Å². The Hall–Kier alpha value is -0.0700. The average molecular weight is 312 g/mol. The average Bonchev–Trinajstić information content (AvgIpc) is 2.76. The molecule has 1 aromatic heterocycles. The summed E-state index contributed by atoms with van der Waals surface area (Å²) in [5, 5.41) is 3.24. The Labute approximate surface area is 103 Å². The lowest BCUT2D eigenvalue weighted by Gasteiger charge is -2.08. The van der Waals surface area contributed by atoms with Gasteiger partial charge in [0.15, 0.2) is 0 Å². The van der Waals surface area contributed by atoms with Crippen molar-refractivity contribution in [2.24, 2.45) is 5.92 Å². The summed E-state index contributed by atoms with van der Waals surface area (Å²) in [5.74, 6) is 0.798. The van der Waals surface area contributed by atoms with Crippen LogP contribution in [0.25, 0.3) is 0 Å². The molecule has 2 atom stereocenters. The van der Waals surface area contributed by atoms with E-state index in [1.807, 2.05) is 0 Å². The topological polar surface area (TPSA) is 12.0 Å². The van der Waals surface area contributed by atoms with Gasteiger partial charge in [0.05, 0.1) is 0 Å². The van der Waals surface area contributed by atoms with E-state index >= 15 is 0 Å². The zero-order valence-electron chi connectivity index (χ0n) is 8.20. The highest BCUT2D eigenvalue weighted by Crippen LogP contribution is 2.52. The molecule has 0 spiro atoms. The molecule has 16 heavy (non-hydrogen) atoms. The van der Waals surface area contributed by atoms with Gasteiger partial charge < -0.3 is 5.32 Å². The van der Waals surface area contributed by atoms with Crippen molar-refractivity contribution >= 4 is 27.3 Å². The van der Waals surface area contributed by atoms with Crippen LogP contribution in [0.1, 0.15) is 21.2 Å². The Morgan fingerprint density at radius 1 is 1.31 bits per heavy atom. The molecule has 3 rings (SSSR count). The maximum absolute atomic E-state index is 12.7. The molecule has 1 fully saturated rings. The van der Waals surface area contributed by atoms with Crippen LogP contribution in [-0.2, 0) is 12.6 Å². The number of hydrogen-bond acceptors (Lipinski definition) is 2. The number of thiophene rings is 1. The van der Waals surface area contributed by atoms with Gasteiger partial charge in [0.1, 0.15) is 4.88 Å². The van der Waals surface area contributed by atoms with Crippen molar-refractivity contribution in [3.8, 4) is 0 Å². The number of nitrogens with one attached hydrogen (secondary N) is 1. The third-order valence-electron chi connectivity index (χ3n) is 3.37. The zero-order valence-corrected chi connectivity index (χ0v) is 10.6. The van der Waals surface area contributed by atoms with Crippen LogP contribution >= 0.6 is 27.3 Å². The fourth-order valence-corrected chi connectivity index (χ4v) is 4.91. The predicted molar refractivity (Wildman–Crippen MR) is 59.8 cm³/mol. The molecule has 1 aliphatic carbocycles. The van der Waals surface area contributed by atoms with Gasteiger partial charge in [0.2, 0.25) is 0 Å². The maximum Gasteiger partial charge on any atom is 0.426 e. The van der Waals surface area contributed by atoms with Crippen LogP contribution in [0.3, 0.4) is 0 Å². The van der Waals surface area contributed by atoms with Crippen LogP contribution in [0.5, 0.6) is 0 Å². The molecule has 88 valence electrons. The molecule has 1 aliphatic heterocycles. The Morgan fingerprint density at radius 3 is 2.75 bits per heavy atom. The highest BCUT2D eigenvalue weighted by Gasteiger charge is 2.44. The first-order valence-corrected chi connectivity index (χ1v) is 6.68. The van der Waals surface area contributed by atoms with Gasteiger partial charge in [-0.1, -0.05) is 0 Å². The van der Waals surface area contributed by atoms with Crippen molar-refractivity contribution in [1.29, 1.82) is 0 Å². The standard InChI is InChI=1S/C10H9BrF3NS/c11-7-5-1-4-2-15-3-6(4)8(5)16-9(7)10(12,13)14/h4,6,15H,1-3H2. The third kappa shape index (κ3) is 1.46. The minimum absolute atomic E-state index is 0.286. The lowest BCUT2D eigenvalue weighted by molar-refractivity contribution is -0.134. The molecule has 1 nitrogen and oxygen atoms in total. The van der Waals surface area contributed by atoms with E-state index in [0.29, 0.717) is 11.8 Å². The minimum Gasteiger partial charge on any atom is -0.316 e. The minimum atomic E-state index is -4.23. The number of rotatable bonds is 0. The van der Waals surface area contributed by atoms with E-state index < -0.39 is 11.1 Å². The summed E-state index contributed by atoms with van der Waals surface area (Å²) in [6, 6.07) is 0. The van der Waals surface area contributed by atoms with Gasteiger partial charge >= 0.3 is 6.18 Å². The lowest BCUT2D eigenvalue weighted by atomic mass is 10.0. The van der Waals surface area contributed by atoms with Crippen LogP contribution in [0.15, 0.2) is 4.47 Å². The Bertz CT molecular complexity index is 440. The molecule has 1 N–H and O–H groups in total. The zero-order chi connectivity index (χ0) is 11.5. The normalized spacial score (nSPS) is 28.2. The van der Waals surface area contributed by atoms with Crippen molar-refractivity contribution in [3.05, 3.63) is 19.8 Å². The summed E-state index contributed by atoms with van der Waals surface area (Å²) in [5.41, 5.74) is 0.897. The molecule has 0 aromatic carbocycles. The second-order valence-electron chi connectivity index (χ2n) is 4.31. The lowest BCUT2D eigenvalue weighted by Crippen LogP contribution is -2.10. The van der Waals surface area contributed by atoms with Gasteiger partial charge in [-0.2, -0.15) is 13.2 Å². The molecular weight excluding hydrogens is 303 g/mol. The van der Waals surface area contributed by atoms with Crippen molar-refractivity contribution in [3.63, 3.8) is 0 Å².